The molecule has 0 saturated heterocycles. The van der Waals surface area contributed by atoms with Gasteiger partial charge in [0.1, 0.15) is 5.75 Å². The lowest BCUT2D eigenvalue weighted by atomic mass is 9.93. The summed E-state index contributed by atoms with van der Waals surface area (Å²) in [6.07, 6.45) is 0. The van der Waals surface area contributed by atoms with Crippen molar-refractivity contribution in [3.05, 3.63) is 72.8 Å². The van der Waals surface area contributed by atoms with Crippen LogP contribution in [0.2, 0.25) is 0 Å². The fourth-order valence-electron chi connectivity index (χ4n) is 3.21. The van der Waals surface area contributed by atoms with Gasteiger partial charge in [-0.2, -0.15) is 0 Å². The molecule has 26 heavy (non-hydrogen) atoms. The fraction of sp³-hybridized carbons (Fsp3) is 0.0455. The van der Waals surface area contributed by atoms with Crippen molar-refractivity contribution in [3.63, 3.8) is 0 Å². The van der Waals surface area contributed by atoms with Crippen molar-refractivity contribution < 1.29 is 14.6 Å². The summed E-state index contributed by atoms with van der Waals surface area (Å²) in [7, 11) is 1.70. The van der Waals surface area contributed by atoms with E-state index in [-0.39, 0.29) is 6.47 Å². The number of carboxylic acid groups (broad SMARTS) is 1. The first-order valence-electron chi connectivity index (χ1n) is 8.12. The third-order valence-corrected chi connectivity index (χ3v) is 4.35. The van der Waals surface area contributed by atoms with Crippen LogP contribution in [0.1, 0.15) is 0 Å². The molecule has 4 aromatic rings. The Hall–Kier alpha value is -3.53. The van der Waals surface area contributed by atoms with Gasteiger partial charge in [0.15, 0.2) is 0 Å². The maximum Gasteiger partial charge on any atom is 0.290 e. The monoisotopic (exact) mass is 345 g/mol. The van der Waals surface area contributed by atoms with Crippen molar-refractivity contribution in [1.29, 1.82) is 0 Å². The quantitative estimate of drug-likeness (QED) is 0.398. The molecule has 0 fully saturated rings. The van der Waals surface area contributed by atoms with Crippen LogP contribution in [0, 0.1) is 0 Å². The lowest BCUT2D eigenvalue weighted by Gasteiger charge is -2.15. The van der Waals surface area contributed by atoms with E-state index in [1.54, 1.807) is 7.11 Å². The number of rotatable bonds is 2. The molecule has 4 rings (SSSR count). The highest BCUT2D eigenvalue weighted by atomic mass is 16.5. The second kappa shape index (κ2) is 7.57. The first-order chi connectivity index (χ1) is 12.7. The third kappa shape index (κ3) is 3.05. The molecule has 0 saturated carbocycles. The molecule has 0 heterocycles. The lowest BCUT2D eigenvalue weighted by molar-refractivity contribution is -0.122. The van der Waals surface area contributed by atoms with Gasteiger partial charge in [0.25, 0.3) is 6.47 Å². The molecule has 4 nitrogen and oxygen atoms in total. The van der Waals surface area contributed by atoms with Crippen LogP contribution in [0.4, 0.5) is 5.69 Å². The number of nitrogen functional groups attached to an aromatic ring is 1. The van der Waals surface area contributed by atoms with Gasteiger partial charge in [0, 0.05) is 22.2 Å². The zero-order valence-corrected chi connectivity index (χ0v) is 14.3. The van der Waals surface area contributed by atoms with E-state index >= 15 is 0 Å². The normalized spacial score (nSPS) is 10.2. The van der Waals surface area contributed by atoms with E-state index in [1.807, 2.05) is 30.3 Å². The SMILES string of the molecule is COc1ccc2ccccc2c1-c1ccc2ccccc2c1N.O=CO. The largest absolute Gasteiger partial charge is 0.496 e. The molecule has 0 aliphatic carbocycles. The van der Waals surface area contributed by atoms with E-state index in [0.29, 0.717) is 0 Å². The van der Waals surface area contributed by atoms with Crippen LogP contribution in [-0.4, -0.2) is 18.7 Å². The van der Waals surface area contributed by atoms with Crippen molar-refractivity contribution in [1.82, 2.24) is 0 Å². The van der Waals surface area contributed by atoms with Crippen LogP contribution in [0.25, 0.3) is 32.7 Å². The highest BCUT2D eigenvalue weighted by Gasteiger charge is 2.14. The van der Waals surface area contributed by atoms with Gasteiger partial charge in [0.05, 0.1) is 7.11 Å². The van der Waals surface area contributed by atoms with E-state index in [2.05, 4.69) is 42.5 Å². The minimum Gasteiger partial charge on any atom is -0.496 e. The van der Waals surface area contributed by atoms with E-state index < -0.39 is 0 Å². The molecule has 0 atom stereocenters. The fourth-order valence-corrected chi connectivity index (χ4v) is 3.21. The molecular formula is C22H19NO3. The van der Waals surface area contributed by atoms with Crippen LogP contribution in [-0.2, 0) is 4.79 Å². The Kier molecular flexibility index (Phi) is 5.04. The van der Waals surface area contributed by atoms with E-state index in [9.17, 15) is 0 Å². The van der Waals surface area contributed by atoms with Crippen molar-refractivity contribution in [2.24, 2.45) is 0 Å². The van der Waals surface area contributed by atoms with Gasteiger partial charge in [-0.05, 0) is 22.2 Å². The molecular weight excluding hydrogens is 326 g/mol. The summed E-state index contributed by atoms with van der Waals surface area (Å²) in [6.45, 7) is -0.250. The summed E-state index contributed by atoms with van der Waals surface area (Å²) in [6, 6.07) is 24.8. The molecule has 130 valence electrons. The van der Waals surface area contributed by atoms with Crippen LogP contribution in [0.5, 0.6) is 5.75 Å². The number of ether oxygens (including phenoxy) is 1. The summed E-state index contributed by atoms with van der Waals surface area (Å²) in [5, 5.41) is 11.4. The Bertz CT molecular complexity index is 1070. The minimum atomic E-state index is -0.250. The van der Waals surface area contributed by atoms with E-state index in [1.165, 1.54) is 5.39 Å². The molecule has 3 N–H and O–H groups in total. The molecule has 4 heteroatoms. The molecule has 0 aliphatic rings. The number of methoxy groups -OCH3 is 1. The number of anilines is 1. The van der Waals surface area contributed by atoms with Gasteiger partial charge in [-0.3, -0.25) is 4.79 Å². The molecule has 0 amide bonds. The number of nitrogens with two attached hydrogens (primary N) is 1. The van der Waals surface area contributed by atoms with Crippen molar-refractivity contribution >= 4 is 33.7 Å². The Morgan fingerprint density at radius 1 is 0.846 bits per heavy atom. The molecule has 0 spiro atoms. The molecule has 0 aliphatic heterocycles. The average Bonchev–Trinajstić information content (AvgIpc) is 2.68. The first-order valence-corrected chi connectivity index (χ1v) is 8.12. The Morgan fingerprint density at radius 3 is 2.04 bits per heavy atom. The van der Waals surface area contributed by atoms with Gasteiger partial charge in [-0.15, -0.1) is 0 Å². The highest BCUT2D eigenvalue weighted by Crippen LogP contribution is 2.41. The zero-order chi connectivity index (χ0) is 18.5. The average molecular weight is 345 g/mol. The second-order valence-electron chi connectivity index (χ2n) is 5.72. The smallest absolute Gasteiger partial charge is 0.290 e. The predicted molar refractivity (Wildman–Crippen MR) is 107 cm³/mol. The lowest BCUT2D eigenvalue weighted by Crippen LogP contribution is -1.95. The zero-order valence-electron chi connectivity index (χ0n) is 14.3. The standard InChI is InChI=1S/C21H17NO.CH2O2/c1-23-19-13-11-14-6-2-4-8-16(14)20(19)18-12-10-15-7-3-5-9-17(15)21(18)22;2-1-3/h2-13H,22H2,1H3;1H,(H,2,3). The maximum atomic E-state index is 8.36. The number of carbonyl (C=O) groups is 1. The summed E-state index contributed by atoms with van der Waals surface area (Å²) in [4.78, 5) is 8.36. The van der Waals surface area contributed by atoms with Crippen LogP contribution >= 0.6 is 0 Å². The van der Waals surface area contributed by atoms with Crippen molar-refractivity contribution in [2.45, 2.75) is 0 Å². The van der Waals surface area contributed by atoms with Crippen molar-refractivity contribution in [2.75, 3.05) is 12.8 Å². The second-order valence-corrected chi connectivity index (χ2v) is 5.72. The van der Waals surface area contributed by atoms with Gasteiger partial charge in [0.2, 0.25) is 0 Å². The maximum absolute atomic E-state index is 8.36. The van der Waals surface area contributed by atoms with Crippen LogP contribution in [0.3, 0.4) is 0 Å². The summed E-state index contributed by atoms with van der Waals surface area (Å²) in [5.74, 6) is 0.839. The Morgan fingerprint density at radius 2 is 1.38 bits per heavy atom. The van der Waals surface area contributed by atoms with Gasteiger partial charge in [-0.25, -0.2) is 0 Å². The minimum absolute atomic E-state index is 0.250. The molecule has 0 aromatic heterocycles. The molecule has 0 bridgehead atoms. The number of benzene rings is 4. The Balaban J connectivity index is 0.000000613. The summed E-state index contributed by atoms with van der Waals surface area (Å²) in [5.41, 5.74) is 9.36. The Labute approximate surface area is 151 Å². The predicted octanol–water partition coefficient (Wildman–Crippen LogP) is 4.95. The van der Waals surface area contributed by atoms with Gasteiger partial charge < -0.3 is 15.6 Å². The van der Waals surface area contributed by atoms with Crippen LogP contribution < -0.4 is 10.5 Å². The number of hydrogen-bond donors (Lipinski definition) is 2. The van der Waals surface area contributed by atoms with Crippen LogP contribution in [0.15, 0.2) is 72.8 Å². The van der Waals surface area contributed by atoms with E-state index in [4.69, 9.17) is 20.4 Å². The molecule has 0 unspecified atom stereocenters. The summed E-state index contributed by atoms with van der Waals surface area (Å²) < 4.78 is 5.62. The summed E-state index contributed by atoms with van der Waals surface area (Å²) >= 11 is 0. The topological polar surface area (TPSA) is 72.5 Å². The van der Waals surface area contributed by atoms with Gasteiger partial charge >= 0.3 is 0 Å². The first kappa shape index (κ1) is 17.3. The van der Waals surface area contributed by atoms with Crippen molar-refractivity contribution in [3.8, 4) is 16.9 Å². The molecule has 4 aromatic carbocycles. The third-order valence-electron chi connectivity index (χ3n) is 4.35. The number of fused-ring (bicyclic) bond motifs is 2. The number of hydrogen-bond acceptors (Lipinski definition) is 3. The highest BCUT2D eigenvalue weighted by molar-refractivity contribution is 6.08. The molecule has 0 radical (unpaired) electrons. The van der Waals surface area contributed by atoms with Gasteiger partial charge in [-0.1, -0.05) is 66.7 Å². The van der Waals surface area contributed by atoms with E-state index in [0.717, 1.165) is 38.7 Å².